The van der Waals surface area contributed by atoms with Crippen molar-refractivity contribution < 1.29 is 27.9 Å². The molecule has 2 amide bonds. The fraction of sp³-hybridized carbons (Fsp3) is 0.538. The van der Waals surface area contributed by atoms with Crippen molar-refractivity contribution in [2.24, 2.45) is 0 Å². The zero-order chi connectivity index (χ0) is 25.7. The number of ether oxygens (including phenoxy) is 2. The number of hydrogen-bond acceptors (Lipinski definition) is 7. The van der Waals surface area contributed by atoms with Gasteiger partial charge in [0.1, 0.15) is 17.2 Å². The Morgan fingerprint density at radius 2 is 2.06 bits per heavy atom. The zero-order valence-electron chi connectivity index (χ0n) is 20.8. The fourth-order valence-electron chi connectivity index (χ4n) is 5.46. The molecule has 4 fully saturated rings. The van der Waals surface area contributed by atoms with Crippen LogP contribution in [-0.4, -0.2) is 57.9 Å². The lowest BCUT2D eigenvalue weighted by Crippen LogP contribution is -2.77. The molecule has 4 aliphatic rings. The molecule has 1 atom stereocenters. The van der Waals surface area contributed by atoms with E-state index in [1.54, 1.807) is 17.0 Å². The Morgan fingerprint density at radius 3 is 2.72 bits per heavy atom. The number of carbonyl (C=O) groups is 2. The number of halogens is 1. The number of carbonyl (C=O) groups excluding carboxylic acids is 2. The SMILES string of the molecule is C=Cc1ccc(OCC(=O)NC23CC(c4nnc([C@H]5CCN(C(=O)OC(C)(C)C)C5)o4)(C2)C3)cc1F. The van der Waals surface area contributed by atoms with Crippen molar-refractivity contribution in [2.45, 2.75) is 68.9 Å². The first-order valence-corrected chi connectivity index (χ1v) is 12.2. The Bertz CT molecular complexity index is 1180. The Hall–Kier alpha value is -3.43. The van der Waals surface area contributed by atoms with E-state index in [1.165, 1.54) is 12.1 Å². The maximum atomic E-state index is 13.8. The van der Waals surface area contributed by atoms with Crippen LogP contribution in [0.15, 0.2) is 29.2 Å². The van der Waals surface area contributed by atoms with Gasteiger partial charge in [0.15, 0.2) is 6.61 Å². The molecule has 1 aromatic heterocycles. The number of hydrogen-bond donors (Lipinski definition) is 1. The lowest BCUT2D eigenvalue weighted by Gasteiger charge is -2.68. The van der Waals surface area contributed by atoms with Gasteiger partial charge in [0, 0.05) is 30.3 Å². The molecule has 1 aliphatic heterocycles. The minimum absolute atomic E-state index is 0.0117. The van der Waals surface area contributed by atoms with E-state index < -0.39 is 11.4 Å². The van der Waals surface area contributed by atoms with Gasteiger partial charge in [-0.2, -0.15) is 0 Å². The second-order valence-electron chi connectivity index (χ2n) is 11.2. The van der Waals surface area contributed by atoms with Crippen molar-refractivity contribution in [3.63, 3.8) is 0 Å². The highest BCUT2D eigenvalue weighted by Crippen LogP contribution is 2.67. The van der Waals surface area contributed by atoms with Crippen molar-refractivity contribution in [1.82, 2.24) is 20.4 Å². The summed E-state index contributed by atoms with van der Waals surface area (Å²) >= 11 is 0. The lowest BCUT2D eigenvalue weighted by atomic mass is 9.39. The Morgan fingerprint density at radius 1 is 1.31 bits per heavy atom. The average Bonchev–Trinajstić information content (AvgIpc) is 3.42. The van der Waals surface area contributed by atoms with Crippen molar-refractivity contribution >= 4 is 18.1 Å². The van der Waals surface area contributed by atoms with Crippen LogP contribution in [-0.2, 0) is 14.9 Å². The van der Waals surface area contributed by atoms with Gasteiger partial charge in [-0.3, -0.25) is 4.79 Å². The van der Waals surface area contributed by atoms with Gasteiger partial charge in [0.2, 0.25) is 11.8 Å². The van der Waals surface area contributed by atoms with Gasteiger partial charge in [0.25, 0.3) is 5.91 Å². The minimum Gasteiger partial charge on any atom is -0.484 e. The van der Waals surface area contributed by atoms with Gasteiger partial charge in [-0.15, -0.1) is 10.2 Å². The van der Waals surface area contributed by atoms with E-state index in [0.29, 0.717) is 30.4 Å². The first-order valence-electron chi connectivity index (χ1n) is 12.2. The second kappa shape index (κ2) is 8.60. The summed E-state index contributed by atoms with van der Waals surface area (Å²) in [5.41, 5.74) is -0.646. The molecule has 1 saturated heterocycles. The number of nitrogens with one attached hydrogen (secondary N) is 1. The first kappa shape index (κ1) is 24.3. The maximum absolute atomic E-state index is 13.8. The monoisotopic (exact) mass is 498 g/mol. The first-order chi connectivity index (χ1) is 17.0. The number of benzene rings is 1. The van der Waals surface area contributed by atoms with E-state index in [1.807, 2.05) is 20.8 Å². The molecule has 10 heteroatoms. The summed E-state index contributed by atoms with van der Waals surface area (Å²) in [5.74, 6) is 0.717. The van der Waals surface area contributed by atoms with Gasteiger partial charge in [-0.1, -0.05) is 12.7 Å². The van der Waals surface area contributed by atoms with E-state index >= 15 is 0 Å². The molecule has 2 heterocycles. The van der Waals surface area contributed by atoms with Gasteiger partial charge in [-0.25, -0.2) is 9.18 Å². The highest BCUT2D eigenvalue weighted by Gasteiger charge is 2.71. The van der Waals surface area contributed by atoms with E-state index in [9.17, 15) is 14.0 Å². The summed E-state index contributed by atoms with van der Waals surface area (Å²) in [6, 6.07) is 4.40. The smallest absolute Gasteiger partial charge is 0.410 e. The van der Waals surface area contributed by atoms with Gasteiger partial charge >= 0.3 is 6.09 Å². The third-order valence-electron chi connectivity index (χ3n) is 7.08. The highest BCUT2D eigenvalue weighted by molar-refractivity contribution is 5.79. The van der Waals surface area contributed by atoms with E-state index in [-0.39, 0.29) is 41.2 Å². The molecule has 2 aromatic rings. The molecule has 1 N–H and O–H groups in total. The van der Waals surface area contributed by atoms with Crippen molar-refractivity contribution in [3.05, 3.63) is 47.9 Å². The second-order valence-corrected chi connectivity index (χ2v) is 11.2. The molecule has 192 valence electrons. The fourth-order valence-corrected chi connectivity index (χ4v) is 5.46. The molecule has 3 saturated carbocycles. The molecule has 0 spiro atoms. The van der Waals surface area contributed by atoms with E-state index in [0.717, 1.165) is 25.7 Å². The zero-order valence-corrected chi connectivity index (χ0v) is 20.8. The quantitative estimate of drug-likeness (QED) is 0.616. The van der Waals surface area contributed by atoms with Crippen molar-refractivity contribution in [1.29, 1.82) is 0 Å². The highest BCUT2D eigenvalue weighted by atomic mass is 19.1. The van der Waals surface area contributed by atoms with Crippen LogP contribution in [0.5, 0.6) is 5.75 Å². The third kappa shape index (κ3) is 4.56. The summed E-state index contributed by atoms with van der Waals surface area (Å²) in [6.45, 7) is 9.97. The minimum atomic E-state index is -0.538. The molecule has 2 bridgehead atoms. The topological polar surface area (TPSA) is 107 Å². The van der Waals surface area contributed by atoms with Crippen LogP contribution >= 0.6 is 0 Å². The normalized spacial score (nSPS) is 26.6. The number of rotatable bonds is 7. The van der Waals surface area contributed by atoms with E-state index in [4.69, 9.17) is 13.9 Å². The molecule has 0 radical (unpaired) electrons. The number of likely N-dealkylation sites (tertiary alicyclic amines) is 1. The van der Waals surface area contributed by atoms with Crippen LogP contribution in [0.4, 0.5) is 9.18 Å². The standard InChI is InChI=1S/C26H31FN4O5/c1-5-16-6-7-18(10-19(16)27)34-12-20(32)28-26-13-25(14-26,15-26)22-30-29-21(35-22)17-8-9-31(11-17)23(33)36-24(2,3)4/h5-7,10,17H,1,8-9,11-15H2,2-4H3,(H,28,32)/t17-,25?,26?/m0/s1. The van der Waals surface area contributed by atoms with Crippen LogP contribution in [0.3, 0.4) is 0 Å². The molecule has 1 aromatic carbocycles. The van der Waals surface area contributed by atoms with Gasteiger partial charge in [0.05, 0.1) is 11.3 Å². The molecular weight excluding hydrogens is 467 g/mol. The third-order valence-corrected chi connectivity index (χ3v) is 7.08. The summed E-state index contributed by atoms with van der Waals surface area (Å²) < 4.78 is 30.8. The van der Waals surface area contributed by atoms with Crippen molar-refractivity contribution in [2.75, 3.05) is 19.7 Å². The largest absolute Gasteiger partial charge is 0.484 e. The molecule has 9 nitrogen and oxygen atoms in total. The van der Waals surface area contributed by atoms with Crippen LogP contribution in [0.1, 0.15) is 69.7 Å². The molecule has 0 unspecified atom stereocenters. The predicted molar refractivity (Wildman–Crippen MR) is 128 cm³/mol. The van der Waals surface area contributed by atoms with Crippen LogP contribution in [0, 0.1) is 5.82 Å². The van der Waals surface area contributed by atoms with Crippen LogP contribution in [0.2, 0.25) is 0 Å². The lowest BCUT2D eigenvalue weighted by molar-refractivity contribution is -0.143. The summed E-state index contributed by atoms with van der Waals surface area (Å²) in [7, 11) is 0. The Labute approximate surface area is 209 Å². The summed E-state index contributed by atoms with van der Waals surface area (Å²) in [4.78, 5) is 26.4. The van der Waals surface area contributed by atoms with Crippen molar-refractivity contribution in [3.8, 4) is 5.75 Å². The van der Waals surface area contributed by atoms with Crippen LogP contribution < -0.4 is 10.1 Å². The maximum Gasteiger partial charge on any atom is 0.410 e. The number of aromatic nitrogens is 2. The molecule has 6 rings (SSSR count). The molecule has 3 aliphatic carbocycles. The van der Waals surface area contributed by atoms with Gasteiger partial charge in [-0.05, 0) is 58.6 Å². The number of nitrogens with zero attached hydrogens (tertiary/aromatic N) is 3. The van der Waals surface area contributed by atoms with Gasteiger partial charge < -0.3 is 24.1 Å². The molecular formula is C26H31FN4O5. The Kier molecular flexibility index (Phi) is 5.80. The number of amides is 2. The van der Waals surface area contributed by atoms with Crippen LogP contribution in [0.25, 0.3) is 6.08 Å². The Balaban J connectivity index is 1.10. The van der Waals surface area contributed by atoms with E-state index in [2.05, 4.69) is 22.1 Å². The molecule has 36 heavy (non-hydrogen) atoms. The summed E-state index contributed by atoms with van der Waals surface area (Å²) in [6.07, 6.45) is 4.02. The average molecular weight is 499 g/mol. The summed E-state index contributed by atoms with van der Waals surface area (Å²) in [5, 5.41) is 11.6. The predicted octanol–water partition coefficient (Wildman–Crippen LogP) is 3.95.